The Morgan fingerprint density at radius 2 is 1.95 bits per heavy atom. The van der Waals surface area contributed by atoms with Crippen molar-refractivity contribution in [1.82, 2.24) is 4.31 Å². The summed E-state index contributed by atoms with van der Waals surface area (Å²) < 4.78 is 59.3. The normalized spacial score (nSPS) is 26.6. The molecule has 0 aromatic heterocycles. The molecule has 22 heavy (non-hydrogen) atoms. The lowest BCUT2D eigenvalue weighted by molar-refractivity contribution is -0.0534. The number of rotatable bonds is 3. The molecule has 7 heteroatoms. The lowest BCUT2D eigenvalue weighted by Crippen LogP contribution is -2.48. The second-order valence-corrected chi connectivity index (χ2v) is 7.88. The van der Waals surface area contributed by atoms with Gasteiger partial charge in [0.2, 0.25) is 10.0 Å². The third-order valence-corrected chi connectivity index (χ3v) is 6.23. The number of ether oxygens (including phenoxy) is 1. The van der Waals surface area contributed by atoms with E-state index < -0.39 is 27.4 Å². The van der Waals surface area contributed by atoms with Gasteiger partial charge in [0.05, 0.1) is 11.9 Å². The fourth-order valence-corrected chi connectivity index (χ4v) is 4.88. The minimum Gasteiger partial charge on any atom is -0.378 e. The SMILES string of the molecule is O=S(=O)(Cc1c(F)cccc1F)N1CC[C@H]2OCCC[C@@H]2C1. The van der Waals surface area contributed by atoms with Crippen LogP contribution in [0.4, 0.5) is 8.78 Å². The number of piperidine rings is 1. The molecule has 2 heterocycles. The summed E-state index contributed by atoms with van der Waals surface area (Å²) in [6, 6.07) is 3.38. The fraction of sp³-hybridized carbons (Fsp3) is 0.600. The quantitative estimate of drug-likeness (QED) is 0.854. The van der Waals surface area contributed by atoms with E-state index in [2.05, 4.69) is 0 Å². The number of fused-ring (bicyclic) bond motifs is 1. The highest BCUT2D eigenvalue weighted by Crippen LogP contribution is 2.30. The topological polar surface area (TPSA) is 46.6 Å². The maximum Gasteiger partial charge on any atom is 0.218 e. The molecule has 2 fully saturated rings. The zero-order valence-electron chi connectivity index (χ0n) is 12.2. The first-order valence-electron chi connectivity index (χ1n) is 7.50. The predicted octanol–water partition coefficient (Wildman–Crippen LogP) is 2.30. The second-order valence-electron chi connectivity index (χ2n) is 5.91. The van der Waals surface area contributed by atoms with Gasteiger partial charge >= 0.3 is 0 Å². The zero-order valence-corrected chi connectivity index (χ0v) is 13.0. The van der Waals surface area contributed by atoms with Crippen LogP contribution in [-0.2, 0) is 20.5 Å². The van der Waals surface area contributed by atoms with E-state index >= 15 is 0 Å². The van der Waals surface area contributed by atoms with Crippen molar-refractivity contribution < 1.29 is 21.9 Å². The van der Waals surface area contributed by atoms with E-state index in [1.54, 1.807) is 0 Å². The Kier molecular flexibility index (Phi) is 4.47. The first-order valence-corrected chi connectivity index (χ1v) is 9.10. The largest absolute Gasteiger partial charge is 0.378 e. The van der Waals surface area contributed by atoms with Gasteiger partial charge in [0.1, 0.15) is 11.6 Å². The van der Waals surface area contributed by atoms with Gasteiger partial charge < -0.3 is 4.74 Å². The summed E-state index contributed by atoms with van der Waals surface area (Å²) in [5.41, 5.74) is -0.385. The van der Waals surface area contributed by atoms with Crippen molar-refractivity contribution in [2.24, 2.45) is 5.92 Å². The summed E-state index contributed by atoms with van der Waals surface area (Å²) in [5, 5.41) is 0. The molecule has 0 spiro atoms. The molecule has 2 atom stereocenters. The lowest BCUT2D eigenvalue weighted by Gasteiger charge is -2.40. The molecule has 0 N–H and O–H groups in total. The average molecular weight is 331 g/mol. The number of nitrogens with zero attached hydrogens (tertiary/aromatic N) is 1. The van der Waals surface area contributed by atoms with Crippen LogP contribution in [0.5, 0.6) is 0 Å². The van der Waals surface area contributed by atoms with Gasteiger partial charge in [-0.1, -0.05) is 6.07 Å². The molecule has 0 saturated carbocycles. The average Bonchev–Trinajstić information content (AvgIpc) is 2.50. The van der Waals surface area contributed by atoms with Crippen molar-refractivity contribution in [2.45, 2.75) is 31.1 Å². The van der Waals surface area contributed by atoms with Crippen molar-refractivity contribution in [3.63, 3.8) is 0 Å². The van der Waals surface area contributed by atoms with Gasteiger partial charge in [-0.2, -0.15) is 0 Å². The minimum atomic E-state index is -3.73. The van der Waals surface area contributed by atoms with E-state index in [-0.39, 0.29) is 17.6 Å². The summed E-state index contributed by atoms with van der Waals surface area (Å²) in [6.07, 6.45) is 2.62. The van der Waals surface area contributed by atoms with E-state index in [4.69, 9.17) is 4.74 Å². The van der Waals surface area contributed by atoms with E-state index in [1.165, 1.54) is 10.4 Å². The summed E-state index contributed by atoms with van der Waals surface area (Å²) in [5.74, 6) is -2.09. The van der Waals surface area contributed by atoms with Crippen molar-refractivity contribution in [2.75, 3.05) is 19.7 Å². The zero-order chi connectivity index (χ0) is 15.7. The van der Waals surface area contributed by atoms with Crippen LogP contribution in [0, 0.1) is 17.6 Å². The molecule has 3 rings (SSSR count). The van der Waals surface area contributed by atoms with Crippen LogP contribution < -0.4 is 0 Å². The van der Waals surface area contributed by atoms with Gasteiger partial charge in [-0.3, -0.25) is 0 Å². The highest BCUT2D eigenvalue weighted by atomic mass is 32.2. The van der Waals surface area contributed by atoms with Crippen LogP contribution in [0.25, 0.3) is 0 Å². The molecular weight excluding hydrogens is 312 g/mol. The molecule has 1 aromatic rings. The molecule has 122 valence electrons. The van der Waals surface area contributed by atoms with Gasteiger partial charge in [0, 0.05) is 25.3 Å². The molecule has 2 aliphatic rings. The molecule has 4 nitrogen and oxygen atoms in total. The molecule has 0 unspecified atom stereocenters. The first kappa shape index (κ1) is 15.8. The van der Waals surface area contributed by atoms with Crippen molar-refractivity contribution in [1.29, 1.82) is 0 Å². The molecule has 0 aliphatic carbocycles. The van der Waals surface area contributed by atoms with Gasteiger partial charge in [0.25, 0.3) is 0 Å². The Morgan fingerprint density at radius 1 is 1.23 bits per heavy atom. The molecule has 1 aromatic carbocycles. The number of halogens is 2. The van der Waals surface area contributed by atoms with Crippen LogP contribution in [0.3, 0.4) is 0 Å². The number of sulfonamides is 1. The van der Waals surface area contributed by atoms with Crippen LogP contribution in [-0.4, -0.2) is 38.5 Å². The second kappa shape index (κ2) is 6.22. The standard InChI is InChI=1S/C15H19F2NO3S/c16-13-4-1-5-14(17)12(13)10-22(19,20)18-7-6-15-11(9-18)3-2-8-21-15/h1,4-5,11,15H,2-3,6-10H2/t11-,15-/m1/s1. The third kappa shape index (κ3) is 3.16. The molecule has 0 radical (unpaired) electrons. The lowest BCUT2D eigenvalue weighted by atomic mass is 9.90. The molecule has 0 amide bonds. The summed E-state index contributed by atoms with van der Waals surface area (Å²) in [4.78, 5) is 0. The minimum absolute atomic E-state index is 0.116. The third-order valence-electron chi connectivity index (χ3n) is 4.46. The molecule has 2 aliphatic heterocycles. The van der Waals surface area contributed by atoms with Crippen LogP contribution in [0.2, 0.25) is 0 Å². The van der Waals surface area contributed by atoms with E-state index in [0.717, 1.165) is 31.6 Å². The Hall–Kier alpha value is -1.05. The van der Waals surface area contributed by atoms with Crippen LogP contribution in [0.1, 0.15) is 24.8 Å². The molecule has 2 saturated heterocycles. The van der Waals surface area contributed by atoms with Gasteiger partial charge in [-0.25, -0.2) is 21.5 Å². The Balaban J connectivity index is 1.76. The molecular formula is C15H19F2NO3S. The summed E-state index contributed by atoms with van der Waals surface area (Å²) in [7, 11) is -3.73. The summed E-state index contributed by atoms with van der Waals surface area (Å²) in [6.45, 7) is 1.46. The predicted molar refractivity (Wildman–Crippen MR) is 77.6 cm³/mol. The number of hydrogen-bond acceptors (Lipinski definition) is 3. The smallest absolute Gasteiger partial charge is 0.218 e. The first-order chi connectivity index (χ1) is 10.5. The maximum atomic E-state index is 13.7. The van der Waals surface area contributed by atoms with Crippen LogP contribution >= 0.6 is 0 Å². The monoisotopic (exact) mass is 331 g/mol. The van der Waals surface area contributed by atoms with Gasteiger partial charge in [0.15, 0.2) is 0 Å². The van der Waals surface area contributed by atoms with Crippen molar-refractivity contribution in [3.8, 4) is 0 Å². The van der Waals surface area contributed by atoms with E-state index in [1.807, 2.05) is 0 Å². The highest BCUT2D eigenvalue weighted by molar-refractivity contribution is 7.88. The Morgan fingerprint density at radius 3 is 2.68 bits per heavy atom. The fourth-order valence-electron chi connectivity index (χ4n) is 3.25. The number of hydrogen-bond donors (Lipinski definition) is 0. The Bertz CT molecular complexity index is 630. The van der Waals surface area contributed by atoms with Crippen molar-refractivity contribution >= 4 is 10.0 Å². The van der Waals surface area contributed by atoms with Gasteiger partial charge in [-0.05, 0) is 37.3 Å². The van der Waals surface area contributed by atoms with Crippen molar-refractivity contribution in [3.05, 3.63) is 35.4 Å². The van der Waals surface area contributed by atoms with E-state index in [0.29, 0.717) is 19.5 Å². The van der Waals surface area contributed by atoms with Crippen LogP contribution in [0.15, 0.2) is 18.2 Å². The highest BCUT2D eigenvalue weighted by Gasteiger charge is 2.37. The molecule has 0 bridgehead atoms. The van der Waals surface area contributed by atoms with E-state index in [9.17, 15) is 17.2 Å². The van der Waals surface area contributed by atoms with Gasteiger partial charge in [-0.15, -0.1) is 0 Å². The Labute approximate surface area is 129 Å². The number of benzene rings is 1. The maximum absolute atomic E-state index is 13.7. The summed E-state index contributed by atoms with van der Waals surface area (Å²) >= 11 is 0.